The second-order valence-electron chi connectivity index (χ2n) is 4.54. The van der Waals surface area contributed by atoms with E-state index in [0.29, 0.717) is 16.8 Å². The Hall–Kier alpha value is -2.08. The Labute approximate surface area is 130 Å². The van der Waals surface area contributed by atoms with Crippen LogP contribution in [0.1, 0.15) is 22.8 Å². The Kier molecular flexibility index (Phi) is 5.16. The number of benzene rings is 1. The van der Waals surface area contributed by atoms with E-state index < -0.39 is 6.04 Å². The molecule has 0 saturated heterocycles. The van der Waals surface area contributed by atoms with E-state index in [4.69, 9.17) is 4.42 Å². The average Bonchev–Trinajstić information content (AvgIpc) is 2.92. The minimum atomic E-state index is -0.630. The topological polar surface area (TPSA) is 71.3 Å². The predicted octanol–water partition coefficient (Wildman–Crippen LogP) is 2.48. The van der Waals surface area contributed by atoms with E-state index in [1.165, 1.54) is 6.26 Å². The first-order valence-corrected chi connectivity index (χ1v) is 7.22. The zero-order chi connectivity index (χ0) is 15.2. The van der Waals surface area contributed by atoms with Crippen LogP contribution in [0.5, 0.6) is 0 Å². The van der Waals surface area contributed by atoms with Crippen LogP contribution in [0.2, 0.25) is 0 Å². The van der Waals surface area contributed by atoms with Gasteiger partial charge < -0.3 is 15.1 Å². The van der Waals surface area contributed by atoms with Gasteiger partial charge in [-0.05, 0) is 28.4 Å². The lowest BCUT2D eigenvalue weighted by molar-refractivity contribution is -0.122. The quantitative estimate of drug-likeness (QED) is 0.869. The summed E-state index contributed by atoms with van der Waals surface area (Å²) >= 11 is 3.12. The van der Waals surface area contributed by atoms with Crippen LogP contribution in [0.15, 0.2) is 51.7 Å². The highest BCUT2D eigenvalue weighted by Crippen LogP contribution is 2.13. The SMILES string of the molecule is CC(NC(=O)c1coc(Br)c1)C(=O)NCc1ccccc1. The molecule has 0 aliphatic carbocycles. The lowest BCUT2D eigenvalue weighted by Crippen LogP contribution is -2.44. The second kappa shape index (κ2) is 7.08. The molecule has 6 heteroatoms. The molecule has 0 fully saturated rings. The second-order valence-corrected chi connectivity index (χ2v) is 5.32. The predicted molar refractivity (Wildman–Crippen MR) is 81.6 cm³/mol. The van der Waals surface area contributed by atoms with E-state index in [-0.39, 0.29) is 11.8 Å². The molecule has 21 heavy (non-hydrogen) atoms. The molecule has 2 amide bonds. The van der Waals surface area contributed by atoms with Crippen molar-refractivity contribution in [1.29, 1.82) is 0 Å². The summed E-state index contributed by atoms with van der Waals surface area (Å²) in [6, 6.07) is 10.5. The molecule has 1 aromatic heterocycles. The number of hydrogen-bond acceptors (Lipinski definition) is 3. The van der Waals surface area contributed by atoms with Gasteiger partial charge in [0.25, 0.3) is 5.91 Å². The van der Waals surface area contributed by atoms with Crippen LogP contribution in [0, 0.1) is 0 Å². The van der Waals surface area contributed by atoms with Gasteiger partial charge >= 0.3 is 0 Å². The van der Waals surface area contributed by atoms with Crippen molar-refractivity contribution in [3.05, 3.63) is 58.5 Å². The van der Waals surface area contributed by atoms with Crippen molar-refractivity contribution in [2.45, 2.75) is 19.5 Å². The molecular formula is C15H15BrN2O3. The molecule has 0 aliphatic rings. The maximum absolute atomic E-state index is 11.9. The molecule has 0 saturated carbocycles. The molecule has 1 heterocycles. The average molecular weight is 351 g/mol. The van der Waals surface area contributed by atoms with Gasteiger partial charge in [0, 0.05) is 12.6 Å². The van der Waals surface area contributed by atoms with Gasteiger partial charge in [-0.1, -0.05) is 30.3 Å². The van der Waals surface area contributed by atoms with Crippen LogP contribution in [-0.2, 0) is 11.3 Å². The molecular weight excluding hydrogens is 336 g/mol. The summed E-state index contributed by atoms with van der Waals surface area (Å²) < 4.78 is 5.45. The van der Waals surface area contributed by atoms with Crippen molar-refractivity contribution < 1.29 is 14.0 Å². The molecule has 1 unspecified atom stereocenters. The smallest absolute Gasteiger partial charge is 0.255 e. The summed E-state index contributed by atoms with van der Waals surface area (Å²) in [6.45, 7) is 2.06. The fourth-order valence-electron chi connectivity index (χ4n) is 1.71. The lowest BCUT2D eigenvalue weighted by Gasteiger charge is -2.13. The number of halogens is 1. The number of hydrogen-bond donors (Lipinski definition) is 2. The maximum Gasteiger partial charge on any atom is 0.255 e. The minimum absolute atomic E-state index is 0.241. The fourth-order valence-corrected chi connectivity index (χ4v) is 2.05. The third kappa shape index (κ3) is 4.46. The van der Waals surface area contributed by atoms with E-state index in [0.717, 1.165) is 5.56 Å². The van der Waals surface area contributed by atoms with Crippen molar-refractivity contribution in [3.63, 3.8) is 0 Å². The maximum atomic E-state index is 11.9. The van der Waals surface area contributed by atoms with Gasteiger partial charge in [-0.25, -0.2) is 0 Å². The van der Waals surface area contributed by atoms with Crippen molar-refractivity contribution in [3.8, 4) is 0 Å². The van der Waals surface area contributed by atoms with Crippen LogP contribution in [0.3, 0.4) is 0 Å². The number of furan rings is 1. The monoisotopic (exact) mass is 350 g/mol. The molecule has 2 N–H and O–H groups in total. The van der Waals surface area contributed by atoms with E-state index in [1.54, 1.807) is 13.0 Å². The summed E-state index contributed by atoms with van der Waals surface area (Å²) in [7, 11) is 0. The number of nitrogens with one attached hydrogen (secondary N) is 2. The number of carbonyl (C=O) groups is 2. The van der Waals surface area contributed by atoms with Crippen LogP contribution in [0.25, 0.3) is 0 Å². The van der Waals surface area contributed by atoms with E-state index in [2.05, 4.69) is 26.6 Å². The standard InChI is InChI=1S/C15H15BrN2O3/c1-10(18-15(20)12-7-13(16)21-9-12)14(19)17-8-11-5-3-2-4-6-11/h2-7,9-10H,8H2,1H3,(H,17,19)(H,18,20). The highest BCUT2D eigenvalue weighted by Gasteiger charge is 2.17. The van der Waals surface area contributed by atoms with Gasteiger partial charge in [0.2, 0.25) is 5.91 Å². The fraction of sp³-hybridized carbons (Fsp3) is 0.200. The molecule has 1 aromatic carbocycles. The molecule has 0 spiro atoms. The van der Waals surface area contributed by atoms with Gasteiger partial charge in [0.15, 0.2) is 4.67 Å². The molecule has 2 rings (SSSR count). The minimum Gasteiger partial charge on any atom is -0.457 e. The first-order chi connectivity index (χ1) is 10.1. The molecule has 0 radical (unpaired) electrons. The molecule has 0 aliphatic heterocycles. The summed E-state index contributed by atoms with van der Waals surface area (Å²) in [5.74, 6) is -0.596. The van der Waals surface area contributed by atoms with Crippen LogP contribution >= 0.6 is 15.9 Å². The third-order valence-corrected chi connectivity index (χ3v) is 3.30. The van der Waals surface area contributed by atoms with Gasteiger partial charge in [-0.15, -0.1) is 0 Å². The largest absolute Gasteiger partial charge is 0.457 e. The first-order valence-electron chi connectivity index (χ1n) is 6.43. The van der Waals surface area contributed by atoms with E-state index >= 15 is 0 Å². The first kappa shape index (κ1) is 15.3. The number of amides is 2. The molecule has 5 nitrogen and oxygen atoms in total. The zero-order valence-corrected chi connectivity index (χ0v) is 13.0. The van der Waals surface area contributed by atoms with E-state index in [9.17, 15) is 9.59 Å². The lowest BCUT2D eigenvalue weighted by atomic mass is 10.2. The van der Waals surface area contributed by atoms with Gasteiger partial charge in [0.05, 0.1) is 5.56 Å². The van der Waals surface area contributed by atoms with Crippen LogP contribution in [0.4, 0.5) is 0 Å². The number of rotatable bonds is 5. The Morgan fingerprint density at radius 3 is 2.62 bits per heavy atom. The summed E-state index contributed by atoms with van der Waals surface area (Å²) in [5.41, 5.74) is 1.37. The Bertz CT molecular complexity index is 625. The molecule has 110 valence electrons. The van der Waals surface area contributed by atoms with Gasteiger partial charge in [-0.2, -0.15) is 0 Å². The van der Waals surface area contributed by atoms with Crippen LogP contribution in [-0.4, -0.2) is 17.9 Å². The Balaban J connectivity index is 1.83. The normalized spacial score (nSPS) is 11.7. The summed E-state index contributed by atoms with van der Waals surface area (Å²) in [4.78, 5) is 23.8. The Morgan fingerprint density at radius 1 is 1.29 bits per heavy atom. The zero-order valence-electron chi connectivity index (χ0n) is 11.4. The van der Waals surface area contributed by atoms with Crippen LogP contribution < -0.4 is 10.6 Å². The van der Waals surface area contributed by atoms with Crippen molar-refractivity contribution in [2.75, 3.05) is 0 Å². The third-order valence-electron chi connectivity index (χ3n) is 2.88. The van der Waals surface area contributed by atoms with Gasteiger partial charge in [-0.3, -0.25) is 9.59 Å². The van der Waals surface area contributed by atoms with Gasteiger partial charge in [0.1, 0.15) is 12.3 Å². The number of carbonyl (C=O) groups excluding carboxylic acids is 2. The van der Waals surface area contributed by atoms with Crippen molar-refractivity contribution in [2.24, 2.45) is 0 Å². The van der Waals surface area contributed by atoms with Crippen molar-refractivity contribution >= 4 is 27.7 Å². The summed E-state index contributed by atoms with van der Waals surface area (Å²) in [6.07, 6.45) is 1.33. The molecule has 1 atom stereocenters. The molecule has 0 bridgehead atoms. The van der Waals surface area contributed by atoms with E-state index in [1.807, 2.05) is 30.3 Å². The Morgan fingerprint density at radius 2 is 2.00 bits per heavy atom. The highest BCUT2D eigenvalue weighted by molar-refractivity contribution is 9.10. The summed E-state index contributed by atoms with van der Waals surface area (Å²) in [5, 5.41) is 5.39. The van der Waals surface area contributed by atoms with Crippen molar-refractivity contribution in [1.82, 2.24) is 10.6 Å². The highest BCUT2D eigenvalue weighted by atomic mass is 79.9. The molecule has 2 aromatic rings.